The molecule has 0 radical (unpaired) electrons. The molecule has 0 amide bonds. The minimum Gasteiger partial charge on any atom is -0.214 e. The van der Waals surface area contributed by atoms with Gasteiger partial charge in [-0.3, -0.25) is 0 Å². The topological polar surface area (TPSA) is 0 Å². The molecule has 0 aliphatic rings. The third-order valence-corrected chi connectivity index (χ3v) is 1.91. The lowest BCUT2D eigenvalue weighted by atomic mass is 10.6. The molecule has 0 aliphatic heterocycles. The summed E-state index contributed by atoms with van der Waals surface area (Å²) in [6.45, 7) is 8.15. The van der Waals surface area contributed by atoms with Gasteiger partial charge in [-0.1, -0.05) is 13.8 Å². The predicted octanol–water partition coefficient (Wildman–Crippen LogP) is 1.66. The van der Waals surface area contributed by atoms with E-state index in [1.165, 1.54) is 0 Å². The molecule has 32 valence electrons. The molecule has 0 fully saturated rings. The van der Waals surface area contributed by atoms with Gasteiger partial charge in [0.05, 0.1) is 0 Å². The lowest BCUT2D eigenvalue weighted by molar-refractivity contribution is 1.07. The summed E-state index contributed by atoms with van der Waals surface area (Å²) >= 11 is 0.120. The van der Waals surface area contributed by atoms with Crippen LogP contribution in [0, 0.1) is 0 Å². The molecule has 0 aromatic carbocycles. The third kappa shape index (κ3) is 4.51. The van der Waals surface area contributed by atoms with Gasteiger partial charge < -0.3 is 0 Å². The monoisotopic (exact) mass is 94.1 g/mol. The van der Waals surface area contributed by atoms with Gasteiger partial charge in [0, 0.05) is 0 Å². The van der Waals surface area contributed by atoms with Crippen molar-refractivity contribution in [2.75, 3.05) is 0 Å². The van der Waals surface area contributed by atoms with Crippen LogP contribution in [0.4, 0.5) is 0 Å². The van der Waals surface area contributed by atoms with E-state index in [0.717, 1.165) is 4.05 Å². The highest BCUT2D eigenvalue weighted by molar-refractivity contribution is 6.43. The Morgan fingerprint density at radius 3 is 2.17 bits per heavy atom. The van der Waals surface area contributed by atoms with Gasteiger partial charge in [-0.25, -0.2) is 4.21 Å². The number of hydrogen-bond donors (Lipinski definition) is 0. The highest BCUT2D eigenvalue weighted by Gasteiger charge is 1.91. The molecule has 0 aromatic heterocycles. The van der Waals surface area contributed by atoms with Gasteiger partial charge in [0.1, 0.15) is 0 Å². The molecule has 0 bridgehead atoms. The van der Waals surface area contributed by atoms with Gasteiger partial charge in [0.25, 0.3) is 0 Å². The minimum absolute atomic E-state index is 0.120. The fourth-order valence-electron chi connectivity index (χ4n) is 0.333. The van der Waals surface area contributed by atoms with Crippen molar-refractivity contribution in [3.8, 4) is 0 Å². The largest absolute Gasteiger partial charge is 0.399 e. The summed E-state index contributed by atoms with van der Waals surface area (Å²) in [5.74, 6) is 0. The zero-order valence-corrected chi connectivity index (χ0v) is 5.98. The van der Waals surface area contributed by atoms with Gasteiger partial charge in [0.15, 0.2) is 0 Å². The Labute approximate surface area is 49.4 Å². The second-order valence-corrected chi connectivity index (χ2v) is 4.60. The highest BCUT2D eigenvalue weighted by atomic mass is 24.5. The van der Waals surface area contributed by atoms with E-state index in [2.05, 4.69) is 24.6 Å². The van der Waals surface area contributed by atoms with Crippen LogP contribution >= 0.6 is 0 Å². The Hall–Kier alpha value is 0.506. The summed E-state index contributed by atoms with van der Waals surface area (Å²) in [7, 11) is 0. The number of hydrogen-bond acceptors (Lipinski definition) is 0. The first-order valence-corrected chi connectivity index (χ1v) is 4.01. The van der Waals surface area contributed by atoms with Gasteiger partial charge >= 0.3 is 20.4 Å². The molecule has 0 aromatic rings. The van der Waals surface area contributed by atoms with Crippen LogP contribution in [0.15, 0.2) is 10.8 Å². The van der Waals surface area contributed by atoms with Crippen molar-refractivity contribution in [2.24, 2.45) is 0 Å². The first kappa shape index (κ1) is 6.51. The van der Waals surface area contributed by atoms with E-state index in [4.69, 9.17) is 0 Å². The minimum atomic E-state index is 0.120. The maximum absolute atomic E-state index is 3.66. The fourth-order valence-corrected chi connectivity index (χ4v) is 1.00. The Bertz CT molecular complexity index is 39.2. The average Bonchev–Trinajstić information content (AvgIpc) is 1.35. The maximum atomic E-state index is 3.66. The molecule has 0 unspecified atom stereocenters. The van der Waals surface area contributed by atoms with Gasteiger partial charge in [-0.2, -0.15) is 0 Å². The van der Waals surface area contributed by atoms with Gasteiger partial charge in [0.2, 0.25) is 0 Å². The standard InChI is InChI=1S/C3H7.C2H3.Mg/c1-3-2;1-2;/h3H,1-2H3;1H,2H2;. The molecular formula is C5H10Mg. The van der Waals surface area contributed by atoms with Gasteiger partial charge in [-0.15, -0.1) is 10.6 Å². The quantitative estimate of drug-likeness (QED) is 0.457. The maximum Gasteiger partial charge on any atom is 0.399 e. The van der Waals surface area contributed by atoms with E-state index in [1.807, 2.05) is 0 Å². The zero-order valence-electron chi connectivity index (χ0n) is 4.57. The van der Waals surface area contributed by atoms with E-state index < -0.39 is 0 Å². The summed E-state index contributed by atoms with van der Waals surface area (Å²) < 4.78 is 3.01. The molecule has 6 heavy (non-hydrogen) atoms. The normalized spacial score (nSPS) is 7.83. The smallest absolute Gasteiger partial charge is 0.214 e. The van der Waals surface area contributed by atoms with Crippen molar-refractivity contribution < 1.29 is 0 Å². The van der Waals surface area contributed by atoms with Crippen molar-refractivity contribution in [1.82, 2.24) is 0 Å². The Morgan fingerprint density at radius 2 is 2.17 bits per heavy atom. The van der Waals surface area contributed by atoms with Crippen molar-refractivity contribution in [1.29, 1.82) is 0 Å². The number of rotatable bonds is 2. The summed E-state index contributed by atoms with van der Waals surface area (Å²) in [5, 5.41) is 0. The Balaban J connectivity index is 2.81. The van der Waals surface area contributed by atoms with Crippen LogP contribution in [0.1, 0.15) is 13.8 Å². The molecule has 0 atom stereocenters. The zero-order chi connectivity index (χ0) is 4.99. The lowest BCUT2D eigenvalue weighted by Gasteiger charge is -1.88. The molecule has 0 saturated carbocycles. The van der Waals surface area contributed by atoms with Crippen molar-refractivity contribution in [3.63, 3.8) is 0 Å². The van der Waals surface area contributed by atoms with E-state index in [-0.39, 0.29) is 20.4 Å². The van der Waals surface area contributed by atoms with E-state index in [9.17, 15) is 0 Å². The molecule has 0 N–H and O–H groups in total. The van der Waals surface area contributed by atoms with Crippen LogP contribution in [0.25, 0.3) is 0 Å². The third-order valence-electron chi connectivity index (χ3n) is 0.638. The van der Waals surface area contributed by atoms with Crippen LogP contribution < -0.4 is 0 Å². The first-order valence-electron chi connectivity index (χ1n) is 2.38. The van der Waals surface area contributed by atoms with E-state index >= 15 is 0 Å². The second kappa shape index (κ2) is 3.69. The van der Waals surface area contributed by atoms with Crippen LogP contribution in [0.2, 0.25) is 4.05 Å². The lowest BCUT2D eigenvalue weighted by Crippen LogP contribution is -1.86. The van der Waals surface area contributed by atoms with E-state index in [1.54, 1.807) is 0 Å². The van der Waals surface area contributed by atoms with Crippen molar-refractivity contribution >= 4 is 20.4 Å². The summed E-state index contributed by atoms with van der Waals surface area (Å²) in [4.78, 5) is 0. The Kier molecular flexibility index (Phi) is 4.00. The predicted molar refractivity (Wildman–Crippen MR) is 31.0 cm³/mol. The molecule has 0 saturated heterocycles. The molecule has 0 rings (SSSR count). The molecular weight excluding hydrogens is 84.4 g/mol. The fraction of sp³-hybridized carbons (Fsp3) is 0.600. The van der Waals surface area contributed by atoms with Crippen molar-refractivity contribution in [2.45, 2.75) is 17.9 Å². The van der Waals surface area contributed by atoms with Crippen LogP contribution in [-0.4, -0.2) is 20.4 Å². The van der Waals surface area contributed by atoms with Crippen molar-refractivity contribution in [3.05, 3.63) is 10.8 Å². The summed E-state index contributed by atoms with van der Waals surface area (Å²) in [5.41, 5.74) is 0. The highest BCUT2D eigenvalue weighted by Crippen LogP contribution is 1.94. The van der Waals surface area contributed by atoms with Gasteiger partial charge in [-0.05, 0) is 0 Å². The Morgan fingerprint density at radius 1 is 1.67 bits per heavy atom. The summed E-state index contributed by atoms with van der Waals surface area (Å²) in [6, 6.07) is 0. The SMILES string of the molecule is C=[CH][Mg][CH](C)C. The molecule has 0 spiro atoms. The van der Waals surface area contributed by atoms with Crippen LogP contribution in [-0.2, 0) is 0 Å². The first-order chi connectivity index (χ1) is 2.77. The van der Waals surface area contributed by atoms with Crippen LogP contribution in [0.5, 0.6) is 0 Å². The van der Waals surface area contributed by atoms with Crippen LogP contribution in [0.3, 0.4) is 0 Å². The molecule has 0 aliphatic carbocycles. The summed E-state index contributed by atoms with van der Waals surface area (Å²) in [6.07, 6.45) is 0. The molecule has 0 heterocycles. The van der Waals surface area contributed by atoms with E-state index in [0.29, 0.717) is 0 Å². The molecule has 0 nitrogen and oxygen atoms in total. The average molecular weight is 94.4 g/mol. The molecule has 1 heteroatoms. The second-order valence-electron chi connectivity index (χ2n) is 1.92.